The summed E-state index contributed by atoms with van der Waals surface area (Å²) in [4.78, 5) is 6.12. The predicted octanol–water partition coefficient (Wildman–Crippen LogP) is 2.85. The summed E-state index contributed by atoms with van der Waals surface area (Å²) in [5.41, 5.74) is 0. The zero-order chi connectivity index (χ0) is 12.1. The first-order chi connectivity index (χ1) is 8.25. The first kappa shape index (κ1) is 12.8. The van der Waals surface area contributed by atoms with Crippen LogP contribution in [0, 0.1) is 5.95 Å². The lowest BCUT2D eigenvalue weighted by Crippen LogP contribution is -2.22. The molecule has 1 aliphatic rings. The lowest BCUT2D eigenvalue weighted by atomic mass is 10.4. The largest absolute Gasteiger partial charge is 0.478 e. The van der Waals surface area contributed by atoms with E-state index in [2.05, 4.69) is 25.8 Å². The van der Waals surface area contributed by atoms with Gasteiger partial charge in [0.05, 0.1) is 11.1 Å². The van der Waals surface area contributed by atoms with E-state index in [1.807, 2.05) is 0 Å². The van der Waals surface area contributed by atoms with Crippen molar-refractivity contribution in [3.63, 3.8) is 0 Å². The van der Waals surface area contributed by atoms with Gasteiger partial charge >= 0.3 is 0 Å². The third-order valence-electron chi connectivity index (χ3n) is 2.84. The van der Waals surface area contributed by atoms with Gasteiger partial charge in [-0.1, -0.05) is 0 Å². The Morgan fingerprint density at radius 2 is 2.12 bits per heavy atom. The molecule has 1 aromatic heterocycles. The Bertz CT molecular complexity index is 370. The number of nitrogens with zero attached hydrogens (tertiary/aromatic N) is 2. The molecule has 0 saturated carbocycles. The molecule has 3 nitrogen and oxygen atoms in total. The fraction of sp³-hybridized carbons (Fsp3) is 0.583. The lowest BCUT2D eigenvalue weighted by molar-refractivity contribution is 0.255. The van der Waals surface area contributed by atoms with E-state index in [1.165, 1.54) is 25.9 Å². The van der Waals surface area contributed by atoms with E-state index >= 15 is 0 Å². The van der Waals surface area contributed by atoms with E-state index in [9.17, 15) is 4.39 Å². The maximum atomic E-state index is 13.1. The van der Waals surface area contributed by atoms with Crippen molar-refractivity contribution in [1.82, 2.24) is 9.88 Å². The molecule has 2 rings (SSSR count). The molecule has 1 aromatic rings. The van der Waals surface area contributed by atoms with Gasteiger partial charge in [0.1, 0.15) is 0 Å². The molecule has 1 aliphatic heterocycles. The van der Waals surface area contributed by atoms with Crippen molar-refractivity contribution >= 4 is 15.9 Å². The molecule has 0 aliphatic carbocycles. The number of likely N-dealkylation sites (tertiary alicyclic amines) is 1. The maximum absolute atomic E-state index is 13.1. The van der Waals surface area contributed by atoms with Gasteiger partial charge in [0, 0.05) is 12.6 Å². The van der Waals surface area contributed by atoms with Crippen LogP contribution < -0.4 is 4.74 Å². The summed E-state index contributed by atoms with van der Waals surface area (Å²) in [6.45, 7) is 4.04. The number of aromatic nitrogens is 1. The highest BCUT2D eigenvalue weighted by Crippen LogP contribution is 2.17. The van der Waals surface area contributed by atoms with Crippen molar-refractivity contribution in [1.29, 1.82) is 0 Å². The smallest absolute Gasteiger partial charge is 0.230 e. The quantitative estimate of drug-likeness (QED) is 0.618. The lowest BCUT2D eigenvalue weighted by Gasteiger charge is -2.14. The zero-order valence-electron chi connectivity index (χ0n) is 9.66. The topological polar surface area (TPSA) is 25.4 Å². The van der Waals surface area contributed by atoms with Crippen LogP contribution in [0.2, 0.25) is 0 Å². The van der Waals surface area contributed by atoms with Gasteiger partial charge in [0.15, 0.2) is 0 Å². The molecule has 0 aromatic carbocycles. The van der Waals surface area contributed by atoms with Gasteiger partial charge in [0.25, 0.3) is 0 Å². The minimum Gasteiger partial charge on any atom is -0.478 e. The molecule has 1 fully saturated rings. The van der Waals surface area contributed by atoms with Crippen LogP contribution >= 0.6 is 15.9 Å². The second-order valence-electron chi connectivity index (χ2n) is 4.17. The second-order valence-corrected chi connectivity index (χ2v) is 5.03. The molecule has 0 amide bonds. The Labute approximate surface area is 109 Å². The van der Waals surface area contributed by atoms with Crippen LogP contribution in [0.3, 0.4) is 0 Å². The third kappa shape index (κ3) is 3.92. The molecule has 0 N–H and O–H groups in total. The number of halogens is 2. The molecule has 5 heteroatoms. The summed E-state index contributed by atoms with van der Waals surface area (Å²) in [5, 5.41) is 0. The number of rotatable bonds is 5. The van der Waals surface area contributed by atoms with Gasteiger partial charge in [-0.2, -0.15) is 9.37 Å². The SMILES string of the molecule is Fc1nc(OCCCN2CCCC2)ccc1Br. The Balaban J connectivity index is 1.68. The Morgan fingerprint density at radius 1 is 1.35 bits per heavy atom. The van der Waals surface area contributed by atoms with E-state index in [0.717, 1.165) is 13.0 Å². The van der Waals surface area contributed by atoms with Crippen molar-refractivity contribution in [2.24, 2.45) is 0 Å². The summed E-state index contributed by atoms with van der Waals surface area (Å²) in [5.74, 6) is -0.172. The Hall–Kier alpha value is -0.680. The highest BCUT2D eigenvalue weighted by molar-refractivity contribution is 9.10. The van der Waals surface area contributed by atoms with Crippen LogP contribution in [0.15, 0.2) is 16.6 Å². The minimum absolute atomic E-state index is 0.354. The molecule has 0 atom stereocenters. The Kier molecular flexibility index (Phi) is 4.74. The summed E-state index contributed by atoms with van der Waals surface area (Å²) < 4.78 is 18.9. The summed E-state index contributed by atoms with van der Waals surface area (Å²) in [7, 11) is 0. The molecular weight excluding hydrogens is 287 g/mol. The molecule has 0 spiro atoms. The van der Waals surface area contributed by atoms with Crippen LogP contribution in [-0.4, -0.2) is 36.1 Å². The number of ether oxygens (including phenoxy) is 1. The Morgan fingerprint density at radius 3 is 2.82 bits per heavy atom. The van der Waals surface area contributed by atoms with Crippen molar-refractivity contribution in [2.75, 3.05) is 26.2 Å². The molecule has 0 unspecified atom stereocenters. The van der Waals surface area contributed by atoms with E-state index < -0.39 is 5.95 Å². The number of hydrogen-bond donors (Lipinski definition) is 0. The van der Waals surface area contributed by atoms with Crippen molar-refractivity contribution in [2.45, 2.75) is 19.3 Å². The molecule has 1 saturated heterocycles. The molecule has 94 valence electrons. The van der Waals surface area contributed by atoms with Gasteiger partial charge < -0.3 is 9.64 Å². The van der Waals surface area contributed by atoms with Crippen molar-refractivity contribution in [3.05, 3.63) is 22.6 Å². The van der Waals surface area contributed by atoms with Gasteiger partial charge in [-0.3, -0.25) is 0 Å². The monoisotopic (exact) mass is 302 g/mol. The van der Waals surface area contributed by atoms with Crippen LogP contribution in [0.25, 0.3) is 0 Å². The first-order valence-electron chi connectivity index (χ1n) is 5.93. The van der Waals surface area contributed by atoms with E-state index in [4.69, 9.17) is 4.74 Å². The number of hydrogen-bond acceptors (Lipinski definition) is 3. The summed E-state index contributed by atoms with van der Waals surface area (Å²) in [6.07, 6.45) is 3.57. The van der Waals surface area contributed by atoms with Gasteiger partial charge in [0.2, 0.25) is 11.8 Å². The van der Waals surface area contributed by atoms with Gasteiger partial charge in [-0.25, -0.2) is 0 Å². The summed E-state index contributed by atoms with van der Waals surface area (Å²) in [6, 6.07) is 3.28. The fourth-order valence-corrected chi connectivity index (χ4v) is 2.17. The van der Waals surface area contributed by atoms with Crippen molar-refractivity contribution in [3.8, 4) is 5.88 Å². The van der Waals surface area contributed by atoms with Crippen LogP contribution in [0.4, 0.5) is 4.39 Å². The van der Waals surface area contributed by atoms with E-state index in [1.54, 1.807) is 12.1 Å². The van der Waals surface area contributed by atoms with Crippen LogP contribution in [-0.2, 0) is 0 Å². The molecule has 17 heavy (non-hydrogen) atoms. The average molecular weight is 303 g/mol. The minimum atomic E-state index is -0.526. The van der Waals surface area contributed by atoms with Gasteiger partial charge in [-0.15, -0.1) is 0 Å². The normalized spacial score (nSPS) is 16.4. The zero-order valence-corrected chi connectivity index (χ0v) is 11.2. The predicted molar refractivity (Wildman–Crippen MR) is 67.7 cm³/mol. The highest BCUT2D eigenvalue weighted by atomic mass is 79.9. The van der Waals surface area contributed by atoms with E-state index in [0.29, 0.717) is 17.0 Å². The first-order valence-corrected chi connectivity index (χ1v) is 6.72. The standard InChI is InChI=1S/C12H16BrFN2O/c13-10-4-5-11(15-12(10)14)17-9-3-8-16-6-1-2-7-16/h4-5H,1-3,6-9H2. The van der Waals surface area contributed by atoms with Crippen LogP contribution in [0.1, 0.15) is 19.3 Å². The molecule has 0 radical (unpaired) electrons. The molecule has 2 heterocycles. The summed E-state index contributed by atoms with van der Waals surface area (Å²) >= 11 is 3.06. The van der Waals surface area contributed by atoms with Crippen molar-refractivity contribution < 1.29 is 9.13 Å². The fourth-order valence-electron chi connectivity index (χ4n) is 1.95. The molecular formula is C12H16BrFN2O. The second kappa shape index (κ2) is 6.31. The van der Waals surface area contributed by atoms with E-state index in [-0.39, 0.29) is 0 Å². The maximum Gasteiger partial charge on any atom is 0.230 e. The van der Waals surface area contributed by atoms with Gasteiger partial charge in [-0.05, 0) is 54.3 Å². The highest BCUT2D eigenvalue weighted by Gasteiger charge is 2.10. The third-order valence-corrected chi connectivity index (χ3v) is 3.44. The average Bonchev–Trinajstić information content (AvgIpc) is 2.82. The number of pyridine rings is 1. The van der Waals surface area contributed by atoms with Crippen LogP contribution in [0.5, 0.6) is 5.88 Å². The molecule has 0 bridgehead atoms.